The van der Waals surface area contributed by atoms with E-state index in [-0.39, 0.29) is 17.2 Å². The highest BCUT2D eigenvalue weighted by Crippen LogP contribution is 2.44. The number of ether oxygens (including phenoxy) is 1. The van der Waals surface area contributed by atoms with Crippen molar-refractivity contribution in [3.63, 3.8) is 0 Å². The summed E-state index contributed by atoms with van der Waals surface area (Å²) in [6.45, 7) is 5.14. The molecule has 0 radical (unpaired) electrons. The van der Waals surface area contributed by atoms with E-state index in [1.54, 1.807) is 5.01 Å². The molecule has 2 unspecified atom stereocenters. The molecule has 0 aromatic carbocycles. The summed E-state index contributed by atoms with van der Waals surface area (Å²) in [6.07, 6.45) is 1.75. The lowest BCUT2D eigenvalue weighted by atomic mass is 10.00. The van der Waals surface area contributed by atoms with E-state index in [1.807, 2.05) is 5.01 Å². The van der Waals surface area contributed by atoms with Crippen LogP contribution in [0.3, 0.4) is 0 Å². The summed E-state index contributed by atoms with van der Waals surface area (Å²) in [5, 5.41) is 3.43. The second kappa shape index (κ2) is 6.35. The van der Waals surface area contributed by atoms with Crippen LogP contribution in [0.25, 0.3) is 0 Å². The van der Waals surface area contributed by atoms with Crippen LogP contribution < -0.4 is 0 Å². The molecule has 4 nitrogen and oxygen atoms in total. The first-order valence-electron chi connectivity index (χ1n) is 6.65. The van der Waals surface area contributed by atoms with Crippen molar-refractivity contribution in [2.75, 3.05) is 32.8 Å². The summed E-state index contributed by atoms with van der Waals surface area (Å²) in [5.41, 5.74) is 0. The minimum absolute atomic E-state index is 0.185. The predicted molar refractivity (Wildman–Crippen MR) is 76.6 cm³/mol. The SMILES string of the molecule is CCCC(Cl)C1CN(N2CCOCC2)C(=O)C1(Cl)Cl. The molecule has 0 saturated carbocycles. The summed E-state index contributed by atoms with van der Waals surface area (Å²) >= 11 is 18.9. The summed E-state index contributed by atoms with van der Waals surface area (Å²) in [5.74, 6) is -0.503. The zero-order valence-electron chi connectivity index (χ0n) is 10.9. The Morgan fingerprint density at radius 1 is 1.42 bits per heavy atom. The van der Waals surface area contributed by atoms with Gasteiger partial charge in [-0.3, -0.25) is 9.80 Å². The normalized spacial score (nSPS) is 29.8. The Morgan fingerprint density at radius 2 is 2.05 bits per heavy atom. The fourth-order valence-corrected chi connectivity index (χ4v) is 3.83. The third-order valence-corrected chi connectivity index (χ3v) is 5.09. The number of morpholine rings is 1. The largest absolute Gasteiger partial charge is 0.379 e. The minimum Gasteiger partial charge on any atom is -0.379 e. The molecule has 110 valence electrons. The Morgan fingerprint density at radius 3 is 2.63 bits per heavy atom. The number of halogens is 3. The zero-order valence-corrected chi connectivity index (χ0v) is 13.2. The molecule has 2 rings (SSSR count). The molecule has 19 heavy (non-hydrogen) atoms. The molecule has 0 bridgehead atoms. The van der Waals surface area contributed by atoms with E-state index in [0.29, 0.717) is 32.8 Å². The topological polar surface area (TPSA) is 32.8 Å². The lowest BCUT2D eigenvalue weighted by Gasteiger charge is -2.34. The predicted octanol–water partition coefficient (Wildman–Crippen LogP) is 2.27. The molecule has 0 aromatic heterocycles. The fourth-order valence-electron chi connectivity index (χ4n) is 2.57. The first-order valence-corrected chi connectivity index (χ1v) is 7.84. The van der Waals surface area contributed by atoms with Crippen LogP contribution in [0.1, 0.15) is 19.8 Å². The number of rotatable bonds is 4. The average molecular weight is 330 g/mol. The number of alkyl halides is 3. The number of hydrogen-bond donors (Lipinski definition) is 0. The van der Waals surface area contributed by atoms with Gasteiger partial charge in [-0.15, -0.1) is 11.6 Å². The van der Waals surface area contributed by atoms with Crippen molar-refractivity contribution in [1.82, 2.24) is 10.0 Å². The van der Waals surface area contributed by atoms with Crippen LogP contribution in [0, 0.1) is 5.92 Å². The van der Waals surface area contributed by atoms with Gasteiger partial charge in [0.1, 0.15) is 0 Å². The highest BCUT2D eigenvalue weighted by atomic mass is 35.5. The van der Waals surface area contributed by atoms with Gasteiger partial charge in [0.15, 0.2) is 0 Å². The first-order chi connectivity index (χ1) is 8.98. The van der Waals surface area contributed by atoms with E-state index in [4.69, 9.17) is 39.5 Å². The lowest BCUT2D eigenvalue weighted by Crippen LogP contribution is -2.50. The summed E-state index contributed by atoms with van der Waals surface area (Å²) < 4.78 is 3.87. The molecule has 2 saturated heterocycles. The first kappa shape index (κ1) is 15.6. The van der Waals surface area contributed by atoms with Gasteiger partial charge < -0.3 is 4.74 Å². The minimum atomic E-state index is -1.42. The number of carbonyl (C=O) groups excluding carboxylic acids is 1. The van der Waals surface area contributed by atoms with E-state index < -0.39 is 4.33 Å². The van der Waals surface area contributed by atoms with Crippen LogP contribution in [-0.2, 0) is 9.53 Å². The molecule has 0 aliphatic carbocycles. The van der Waals surface area contributed by atoms with Gasteiger partial charge >= 0.3 is 0 Å². The summed E-state index contributed by atoms with van der Waals surface area (Å²) in [6, 6.07) is 0. The zero-order chi connectivity index (χ0) is 14.0. The van der Waals surface area contributed by atoms with Crippen LogP contribution in [0.2, 0.25) is 0 Å². The van der Waals surface area contributed by atoms with Gasteiger partial charge in [-0.25, -0.2) is 5.01 Å². The third-order valence-electron chi connectivity index (χ3n) is 3.68. The van der Waals surface area contributed by atoms with Crippen LogP contribution in [0.5, 0.6) is 0 Å². The average Bonchev–Trinajstić information content (AvgIpc) is 2.63. The maximum absolute atomic E-state index is 12.4. The number of hydrogen-bond acceptors (Lipinski definition) is 3. The molecular formula is C12H19Cl3N2O2. The highest BCUT2D eigenvalue weighted by molar-refractivity contribution is 6.59. The van der Waals surface area contributed by atoms with Gasteiger partial charge in [0.2, 0.25) is 4.33 Å². The molecule has 2 aliphatic heterocycles. The summed E-state index contributed by atoms with van der Waals surface area (Å²) in [7, 11) is 0. The second-order valence-corrected chi connectivity index (χ2v) is 6.93. The van der Waals surface area contributed by atoms with Gasteiger partial charge in [-0.2, -0.15) is 0 Å². The standard InChI is InChI=1S/C12H19Cl3N2O2/c1-2-3-10(13)9-8-17(11(18)12(9,14)15)16-4-6-19-7-5-16/h9-10H,2-8H2,1H3. The molecule has 2 fully saturated rings. The Bertz CT molecular complexity index is 335. The second-order valence-electron chi connectivity index (χ2n) is 4.99. The maximum Gasteiger partial charge on any atom is 0.273 e. The van der Waals surface area contributed by atoms with E-state index in [1.165, 1.54) is 0 Å². The van der Waals surface area contributed by atoms with Gasteiger partial charge in [-0.05, 0) is 6.42 Å². The van der Waals surface area contributed by atoms with Gasteiger partial charge in [0.05, 0.1) is 13.2 Å². The third kappa shape index (κ3) is 3.13. The van der Waals surface area contributed by atoms with Gasteiger partial charge in [0, 0.05) is 30.9 Å². The van der Waals surface area contributed by atoms with Crippen LogP contribution in [0.4, 0.5) is 0 Å². The van der Waals surface area contributed by atoms with Crippen molar-refractivity contribution in [3.8, 4) is 0 Å². The van der Waals surface area contributed by atoms with E-state index in [2.05, 4.69) is 6.92 Å². The lowest BCUT2D eigenvalue weighted by molar-refractivity contribution is -0.150. The quantitative estimate of drug-likeness (QED) is 0.742. The van der Waals surface area contributed by atoms with E-state index >= 15 is 0 Å². The van der Waals surface area contributed by atoms with Crippen LogP contribution >= 0.6 is 34.8 Å². The number of carbonyl (C=O) groups is 1. The monoisotopic (exact) mass is 328 g/mol. The van der Waals surface area contributed by atoms with E-state index in [0.717, 1.165) is 12.8 Å². The van der Waals surface area contributed by atoms with Crippen molar-refractivity contribution >= 4 is 40.7 Å². The maximum atomic E-state index is 12.4. The Labute approximate surface area is 128 Å². The van der Waals surface area contributed by atoms with Gasteiger partial charge in [-0.1, -0.05) is 36.5 Å². The number of hydrazine groups is 1. The van der Waals surface area contributed by atoms with Crippen LogP contribution in [-0.4, -0.2) is 58.5 Å². The van der Waals surface area contributed by atoms with Crippen molar-refractivity contribution in [3.05, 3.63) is 0 Å². The Kier molecular flexibility index (Phi) is 5.23. The van der Waals surface area contributed by atoms with Crippen LogP contribution in [0.15, 0.2) is 0 Å². The molecular weight excluding hydrogens is 311 g/mol. The molecule has 0 aromatic rings. The smallest absolute Gasteiger partial charge is 0.273 e. The Balaban J connectivity index is 2.09. The number of amides is 1. The number of nitrogens with zero attached hydrogens (tertiary/aromatic N) is 2. The molecule has 0 N–H and O–H groups in total. The van der Waals surface area contributed by atoms with Crippen molar-refractivity contribution in [2.45, 2.75) is 29.5 Å². The highest BCUT2D eigenvalue weighted by Gasteiger charge is 2.55. The van der Waals surface area contributed by atoms with Crippen molar-refractivity contribution < 1.29 is 9.53 Å². The van der Waals surface area contributed by atoms with Gasteiger partial charge in [0.25, 0.3) is 5.91 Å². The molecule has 2 aliphatic rings. The molecule has 0 spiro atoms. The molecule has 1 amide bonds. The Hall–Kier alpha value is 0.260. The van der Waals surface area contributed by atoms with Crippen molar-refractivity contribution in [2.24, 2.45) is 5.92 Å². The molecule has 2 heterocycles. The molecule has 2 atom stereocenters. The molecule has 7 heteroatoms. The fraction of sp³-hybridized carbons (Fsp3) is 0.917. The van der Waals surface area contributed by atoms with Crippen molar-refractivity contribution in [1.29, 1.82) is 0 Å². The summed E-state index contributed by atoms with van der Waals surface area (Å²) in [4.78, 5) is 12.4. The van der Waals surface area contributed by atoms with E-state index in [9.17, 15) is 4.79 Å².